The lowest BCUT2D eigenvalue weighted by molar-refractivity contribution is -0.312. The molecule has 1 aliphatic heterocycles. The molecule has 0 unspecified atom stereocenters. The molecular formula is C13H15NO2. The molecule has 0 spiro atoms. The predicted molar refractivity (Wildman–Crippen MR) is 62.9 cm³/mol. The summed E-state index contributed by atoms with van der Waals surface area (Å²) < 4.78 is 0. The maximum absolute atomic E-state index is 4.57. The number of benzene rings is 1. The number of hydrogen-bond acceptors (Lipinski definition) is 3. The van der Waals surface area contributed by atoms with Crippen molar-refractivity contribution >= 4 is 10.9 Å². The number of fused-ring (bicyclic) bond motifs is 1. The largest absolute Gasteiger partial charge is 0.256 e. The van der Waals surface area contributed by atoms with E-state index in [1.54, 1.807) is 0 Å². The Labute approximate surface area is 94.9 Å². The van der Waals surface area contributed by atoms with Crippen LogP contribution in [0.4, 0.5) is 0 Å². The fourth-order valence-corrected chi connectivity index (χ4v) is 1.46. The van der Waals surface area contributed by atoms with Gasteiger partial charge in [-0.05, 0) is 25.0 Å². The SMILES string of the molecule is C1CCOOC1.c1ccc2ncccc2c1. The van der Waals surface area contributed by atoms with Gasteiger partial charge in [-0.3, -0.25) is 4.98 Å². The number of para-hydroxylation sites is 1. The first-order valence-corrected chi connectivity index (χ1v) is 5.51. The highest BCUT2D eigenvalue weighted by atomic mass is 17.2. The zero-order valence-electron chi connectivity index (χ0n) is 9.13. The molecule has 0 atom stereocenters. The minimum absolute atomic E-state index is 0.778. The monoisotopic (exact) mass is 217 g/mol. The standard InChI is InChI=1S/C9H7N.C4H8O2/c1-2-6-9-8(4-1)5-3-7-10-9;1-2-4-6-5-3-1/h1-7H;1-4H2. The Hall–Kier alpha value is -1.45. The molecule has 3 rings (SSSR count). The maximum atomic E-state index is 4.57. The van der Waals surface area contributed by atoms with Crippen LogP contribution in [0.3, 0.4) is 0 Å². The molecule has 1 aliphatic rings. The molecular weight excluding hydrogens is 202 g/mol. The molecule has 0 saturated carbocycles. The van der Waals surface area contributed by atoms with Gasteiger partial charge < -0.3 is 0 Å². The molecule has 2 heterocycles. The lowest BCUT2D eigenvalue weighted by Gasteiger charge is -2.07. The van der Waals surface area contributed by atoms with Crippen molar-refractivity contribution in [3.63, 3.8) is 0 Å². The van der Waals surface area contributed by atoms with Crippen LogP contribution in [0, 0.1) is 0 Å². The fourth-order valence-electron chi connectivity index (χ4n) is 1.46. The zero-order chi connectivity index (χ0) is 11.1. The van der Waals surface area contributed by atoms with Gasteiger partial charge in [-0.1, -0.05) is 24.3 Å². The Balaban J connectivity index is 0.000000138. The van der Waals surface area contributed by atoms with Gasteiger partial charge in [-0.15, -0.1) is 0 Å². The molecule has 0 bridgehead atoms. The highest BCUT2D eigenvalue weighted by Gasteiger charge is 1.95. The molecule has 0 aliphatic carbocycles. The molecule has 1 aromatic heterocycles. The van der Waals surface area contributed by atoms with Crippen molar-refractivity contribution in [2.24, 2.45) is 0 Å². The van der Waals surface area contributed by atoms with Crippen molar-refractivity contribution in [1.29, 1.82) is 0 Å². The van der Waals surface area contributed by atoms with Gasteiger partial charge in [0.15, 0.2) is 0 Å². The van der Waals surface area contributed by atoms with Crippen LogP contribution >= 0.6 is 0 Å². The Morgan fingerprint density at radius 2 is 1.56 bits per heavy atom. The van der Waals surface area contributed by atoms with Gasteiger partial charge in [0.2, 0.25) is 0 Å². The first-order chi connectivity index (χ1) is 7.97. The van der Waals surface area contributed by atoms with Crippen molar-refractivity contribution in [2.75, 3.05) is 13.2 Å². The second kappa shape index (κ2) is 6.20. The molecule has 0 amide bonds. The lowest BCUT2D eigenvalue weighted by Crippen LogP contribution is -2.05. The van der Waals surface area contributed by atoms with Gasteiger partial charge in [0.25, 0.3) is 0 Å². The quantitative estimate of drug-likeness (QED) is 0.636. The summed E-state index contributed by atoms with van der Waals surface area (Å²) in [5, 5.41) is 1.20. The van der Waals surface area contributed by atoms with E-state index in [9.17, 15) is 0 Å². The van der Waals surface area contributed by atoms with E-state index >= 15 is 0 Å². The van der Waals surface area contributed by atoms with Crippen LogP contribution in [0.2, 0.25) is 0 Å². The van der Waals surface area contributed by atoms with Crippen molar-refractivity contribution in [3.05, 3.63) is 42.6 Å². The molecule has 0 N–H and O–H groups in total. The number of nitrogens with zero attached hydrogens (tertiary/aromatic N) is 1. The first-order valence-electron chi connectivity index (χ1n) is 5.51. The van der Waals surface area contributed by atoms with Crippen molar-refractivity contribution < 1.29 is 9.78 Å². The summed E-state index contributed by atoms with van der Waals surface area (Å²) in [5.74, 6) is 0. The topological polar surface area (TPSA) is 31.4 Å². The van der Waals surface area contributed by atoms with E-state index in [0.717, 1.165) is 31.6 Å². The minimum Gasteiger partial charge on any atom is -0.256 e. The van der Waals surface area contributed by atoms with Crippen LogP contribution in [0.5, 0.6) is 0 Å². The van der Waals surface area contributed by atoms with E-state index < -0.39 is 0 Å². The third kappa shape index (κ3) is 3.29. The highest BCUT2D eigenvalue weighted by molar-refractivity contribution is 5.77. The van der Waals surface area contributed by atoms with Gasteiger partial charge in [-0.25, -0.2) is 9.78 Å². The van der Waals surface area contributed by atoms with E-state index in [-0.39, 0.29) is 0 Å². The van der Waals surface area contributed by atoms with Gasteiger partial charge in [0.05, 0.1) is 18.7 Å². The third-order valence-corrected chi connectivity index (χ3v) is 2.30. The molecule has 1 fully saturated rings. The third-order valence-electron chi connectivity index (χ3n) is 2.30. The lowest BCUT2D eigenvalue weighted by atomic mass is 10.2. The van der Waals surface area contributed by atoms with Crippen LogP contribution in [0.1, 0.15) is 12.8 Å². The Morgan fingerprint density at radius 3 is 2.19 bits per heavy atom. The molecule has 0 radical (unpaired) electrons. The molecule has 16 heavy (non-hydrogen) atoms. The molecule has 1 aromatic carbocycles. The number of rotatable bonds is 0. The maximum Gasteiger partial charge on any atom is 0.0823 e. The normalized spacial score (nSPS) is 15.2. The Kier molecular flexibility index (Phi) is 4.28. The van der Waals surface area contributed by atoms with Crippen molar-refractivity contribution in [2.45, 2.75) is 12.8 Å². The summed E-state index contributed by atoms with van der Waals surface area (Å²) in [6, 6.07) is 12.1. The second-order valence-electron chi connectivity index (χ2n) is 3.55. The average Bonchev–Trinajstić information content (AvgIpc) is 2.42. The number of aromatic nitrogens is 1. The van der Waals surface area contributed by atoms with E-state index in [2.05, 4.69) is 26.9 Å². The van der Waals surface area contributed by atoms with E-state index in [4.69, 9.17) is 0 Å². The highest BCUT2D eigenvalue weighted by Crippen LogP contribution is 2.07. The van der Waals surface area contributed by atoms with E-state index in [0.29, 0.717) is 0 Å². The van der Waals surface area contributed by atoms with Gasteiger partial charge >= 0.3 is 0 Å². The number of hydrogen-bond donors (Lipinski definition) is 0. The summed E-state index contributed by atoms with van der Waals surface area (Å²) in [6.07, 6.45) is 4.11. The van der Waals surface area contributed by atoms with Crippen LogP contribution < -0.4 is 0 Å². The Bertz CT molecular complexity index is 350. The van der Waals surface area contributed by atoms with Gasteiger partial charge in [-0.2, -0.15) is 0 Å². The zero-order valence-corrected chi connectivity index (χ0v) is 9.13. The van der Waals surface area contributed by atoms with Crippen LogP contribution in [-0.2, 0) is 9.78 Å². The summed E-state index contributed by atoms with van der Waals surface area (Å²) >= 11 is 0. The van der Waals surface area contributed by atoms with E-state index in [1.807, 2.05) is 30.5 Å². The van der Waals surface area contributed by atoms with Crippen molar-refractivity contribution in [1.82, 2.24) is 4.98 Å². The fraction of sp³-hybridized carbons (Fsp3) is 0.308. The van der Waals surface area contributed by atoms with Crippen LogP contribution in [0.15, 0.2) is 42.6 Å². The van der Waals surface area contributed by atoms with Crippen molar-refractivity contribution in [3.8, 4) is 0 Å². The summed E-state index contributed by atoms with van der Waals surface area (Å²) in [7, 11) is 0. The van der Waals surface area contributed by atoms with E-state index in [1.165, 1.54) is 5.39 Å². The van der Waals surface area contributed by atoms with Gasteiger partial charge in [0, 0.05) is 11.6 Å². The summed E-state index contributed by atoms with van der Waals surface area (Å²) in [6.45, 7) is 1.56. The summed E-state index contributed by atoms with van der Waals surface area (Å²) in [4.78, 5) is 13.3. The minimum atomic E-state index is 0.778. The molecule has 3 nitrogen and oxygen atoms in total. The smallest absolute Gasteiger partial charge is 0.0823 e. The molecule has 84 valence electrons. The number of pyridine rings is 1. The first kappa shape index (κ1) is 11.0. The second-order valence-corrected chi connectivity index (χ2v) is 3.55. The molecule has 1 saturated heterocycles. The average molecular weight is 217 g/mol. The summed E-state index contributed by atoms with van der Waals surface area (Å²) in [5.41, 5.74) is 1.06. The predicted octanol–water partition coefficient (Wildman–Crippen LogP) is 2.96. The molecule has 3 heteroatoms. The van der Waals surface area contributed by atoms with Crippen LogP contribution in [0.25, 0.3) is 10.9 Å². The van der Waals surface area contributed by atoms with Gasteiger partial charge in [0.1, 0.15) is 0 Å². The van der Waals surface area contributed by atoms with Crippen LogP contribution in [-0.4, -0.2) is 18.2 Å². The molecule has 2 aromatic rings. The Morgan fingerprint density at radius 1 is 0.875 bits per heavy atom.